The van der Waals surface area contributed by atoms with E-state index < -0.39 is 18.1 Å². The molecule has 1 unspecified atom stereocenters. The molecule has 0 aliphatic heterocycles. The molecule has 0 rings (SSSR count). The molecule has 0 aliphatic rings. The van der Waals surface area contributed by atoms with Crippen molar-refractivity contribution in [2.45, 2.75) is 33.2 Å². The highest BCUT2D eigenvalue weighted by Crippen LogP contribution is 1.95. The summed E-state index contributed by atoms with van der Waals surface area (Å²) in [5.74, 6) is -0.428. The molecule has 0 fully saturated rings. The number of hydrogen-bond donors (Lipinski definition) is 1. The van der Waals surface area contributed by atoms with E-state index in [1.807, 2.05) is 0 Å². The predicted octanol–water partition coefficient (Wildman–Crippen LogP) is 1.07. The molecule has 0 saturated carbocycles. The van der Waals surface area contributed by atoms with Crippen LogP contribution >= 0.6 is 0 Å². The van der Waals surface area contributed by atoms with Crippen molar-refractivity contribution in [3.63, 3.8) is 0 Å². The van der Waals surface area contributed by atoms with E-state index >= 15 is 0 Å². The summed E-state index contributed by atoms with van der Waals surface area (Å²) < 4.78 is 9.41. The molecule has 0 aromatic heterocycles. The van der Waals surface area contributed by atoms with E-state index in [9.17, 15) is 9.59 Å². The first-order valence-electron chi connectivity index (χ1n) is 4.75. The minimum Gasteiger partial charge on any atom is -0.464 e. The SMILES string of the molecule is CCOC(=O)NC(CC)C(=O)OCC. The molecule has 1 N–H and O–H groups in total. The van der Waals surface area contributed by atoms with Crippen LogP contribution in [0.25, 0.3) is 0 Å². The molecule has 5 heteroatoms. The number of rotatable bonds is 5. The number of ether oxygens (including phenoxy) is 2. The summed E-state index contributed by atoms with van der Waals surface area (Å²) in [6.07, 6.45) is -0.107. The molecular formula is C9H17NO4. The fraction of sp³-hybridized carbons (Fsp3) is 0.778. The maximum Gasteiger partial charge on any atom is 0.407 e. The van der Waals surface area contributed by atoms with Gasteiger partial charge in [-0.05, 0) is 20.3 Å². The predicted molar refractivity (Wildman–Crippen MR) is 50.9 cm³/mol. The zero-order valence-electron chi connectivity index (χ0n) is 8.83. The molecule has 5 nitrogen and oxygen atoms in total. The summed E-state index contributed by atoms with van der Waals surface area (Å²) in [5.41, 5.74) is 0. The Kier molecular flexibility index (Phi) is 6.53. The van der Waals surface area contributed by atoms with Crippen molar-refractivity contribution in [1.82, 2.24) is 5.32 Å². The summed E-state index contributed by atoms with van der Waals surface area (Å²) in [6.45, 7) is 5.79. The molecule has 0 aromatic carbocycles. The lowest BCUT2D eigenvalue weighted by molar-refractivity contribution is -0.145. The monoisotopic (exact) mass is 203 g/mol. The maximum atomic E-state index is 11.2. The van der Waals surface area contributed by atoms with Crippen LogP contribution in [0.4, 0.5) is 4.79 Å². The first-order valence-corrected chi connectivity index (χ1v) is 4.75. The Bertz CT molecular complexity index is 193. The second-order valence-corrected chi connectivity index (χ2v) is 2.58. The van der Waals surface area contributed by atoms with E-state index in [2.05, 4.69) is 10.1 Å². The Morgan fingerprint density at radius 2 is 1.71 bits per heavy atom. The van der Waals surface area contributed by atoms with Crippen LogP contribution in [0.1, 0.15) is 27.2 Å². The molecule has 0 bridgehead atoms. The van der Waals surface area contributed by atoms with Crippen LogP contribution in [-0.4, -0.2) is 31.3 Å². The van der Waals surface area contributed by atoms with Crippen molar-refractivity contribution >= 4 is 12.1 Å². The van der Waals surface area contributed by atoms with E-state index in [1.54, 1.807) is 20.8 Å². The molecule has 0 saturated heterocycles. The lowest BCUT2D eigenvalue weighted by Gasteiger charge is -2.14. The summed E-state index contributed by atoms with van der Waals surface area (Å²) in [7, 11) is 0. The Morgan fingerprint density at radius 1 is 1.14 bits per heavy atom. The van der Waals surface area contributed by atoms with Gasteiger partial charge in [-0.2, -0.15) is 0 Å². The van der Waals surface area contributed by atoms with Gasteiger partial charge in [0.1, 0.15) is 6.04 Å². The van der Waals surface area contributed by atoms with Crippen molar-refractivity contribution in [3.8, 4) is 0 Å². The topological polar surface area (TPSA) is 64.6 Å². The Balaban J connectivity index is 4.01. The van der Waals surface area contributed by atoms with Crippen LogP contribution in [-0.2, 0) is 14.3 Å². The van der Waals surface area contributed by atoms with Crippen LogP contribution in [0.5, 0.6) is 0 Å². The van der Waals surface area contributed by atoms with Crippen LogP contribution in [0.15, 0.2) is 0 Å². The van der Waals surface area contributed by atoms with Crippen molar-refractivity contribution in [2.75, 3.05) is 13.2 Å². The summed E-state index contributed by atoms with van der Waals surface area (Å²) >= 11 is 0. The van der Waals surface area contributed by atoms with Gasteiger partial charge in [-0.25, -0.2) is 9.59 Å². The van der Waals surface area contributed by atoms with Gasteiger partial charge in [-0.1, -0.05) is 6.92 Å². The molecule has 0 radical (unpaired) electrons. The lowest BCUT2D eigenvalue weighted by atomic mass is 10.2. The number of carbonyl (C=O) groups excluding carboxylic acids is 2. The zero-order chi connectivity index (χ0) is 11.0. The zero-order valence-corrected chi connectivity index (χ0v) is 8.83. The molecular weight excluding hydrogens is 186 g/mol. The van der Waals surface area contributed by atoms with E-state index in [4.69, 9.17) is 4.74 Å². The number of alkyl carbamates (subject to hydrolysis) is 1. The largest absolute Gasteiger partial charge is 0.464 e. The number of amides is 1. The van der Waals surface area contributed by atoms with Crippen LogP contribution in [0, 0.1) is 0 Å². The Labute approximate surface area is 83.8 Å². The second kappa shape index (κ2) is 7.17. The number of hydrogen-bond acceptors (Lipinski definition) is 4. The van der Waals surface area contributed by atoms with Gasteiger partial charge in [0.25, 0.3) is 0 Å². The quantitative estimate of drug-likeness (QED) is 0.679. The number of nitrogens with one attached hydrogen (secondary N) is 1. The van der Waals surface area contributed by atoms with Gasteiger partial charge in [-0.15, -0.1) is 0 Å². The van der Waals surface area contributed by atoms with Crippen molar-refractivity contribution in [1.29, 1.82) is 0 Å². The number of carbonyl (C=O) groups is 2. The summed E-state index contributed by atoms with van der Waals surface area (Å²) in [6, 6.07) is -0.617. The highest BCUT2D eigenvalue weighted by atomic mass is 16.6. The van der Waals surface area contributed by atoms with Crippen molar-refractivity contribution < 1.29 is 19.1 Å². The van der Waals surface area contributed by atoms with Gasteiger partial charge in [0, 0.05) is 0 Å². The van der Waals surface area contributed by atoms with E-state index in [0.29, 0.717) is 13.0 Å². The molecule has 14 heavy (non-hydrogen) atoms. The number of esters is 1. The molecule has 0 heterocycles. The van der Waals surface area contributed by atoms with Gasteiger partial charge in [-0.3, -0.25) is 0 Å². The standard InChI is InChI=1S/C9H17NO4/c1-4-7(8(11)13-5-2)10-9(12)14-6-3/h7H,4-6H2,1-3H3,(H,10,12). The van der Waals surface area contributed by atoms with Crippen molar-refractivity contribution in [2.24, 2.45) is 0 Å². The first kappa shape index (κ1) is 12.7. The normalized spacial score (nSPS) is 11.6. The van der Waals surface area contributed by atoms with Crippen LogP contribution in [0.3, 0.4) is 0 Å². The van der Waals surface area contributed by atoms with Crippen LogP contribution < -0.4 is 5.32 Å². The Morgan fingerprint density at radius 3 is 2.14 bits per heavy atom. The first-order chi connectivity index (χ1) is 6.65. The second-order valence-electron chi connectivity index (χ2n) is 2.58. The fourth-order valence-corrected chi connectivity index (χ4v) is 0.886. The summed E-state index contributed by atoms with van der Waals surface area (Å²) in [4.78, 5) is 22.2. The molecule has 1 amide bonds. The van der Waals surface area contributed by atoms with Gasteiger partial charge in [0.15, 0.2) is 0 Å². The molecule has 1 atom stereocenters. The average Bonchev–Trinajstić information content (AvgIpc) is 2.15. The fourth-order valence-electron chi connectivity index (χ4n) is 0.886. The smallest absolute Gasteiger partial charge is 0.407 e. The molecule has 0 spiro atoms. The van der Waals surface area contributed by atoms with Crippen molar-refractivity contribution in [3.05, 3.63) is 0 Å². The highest BCUT2D eigenvalue weighted by Gasteiger charge is 2.19. The van der Waals surface area contributed by atoms with Gasteiger partial charge >= 0.3 is 12.1 Å². The van der Waals surface area contributed by atoms with Gasteiger partial charge in [0.05, 0.1) is 13.2 Å². The summed E-state index contributed by atoms with van der Waals surface area (Å²) in [5, 5.41) is 2.42. The Hall–Kier alpha value is -1.26. The van der Waals surface area contributed by atoms with Gasteiger partial charge < -0.3 is 14.8 Å². The minimum atomic E-state index is -0.617. The lowest BCUT2D eigenvalue weighted by Crippen LogP contribution is -2.41. The molecule has 0 aromatic rings. The molecule has 82 valence electrons. The third kappa shape index (κ3) is 4.69. The van der Waals surface area contributed by atoms with E-state index in [1.165, 1.54) is 0 Å². The third-order valence-corrected chi connectivity index (χ3v) is 1.55. The third-order valence-electron chi connectivity index (χ3n) is 1.55. The minimum absolute atomic E-state index is 0.283. The average molecular weight is 203 g/mol. The maximum absolute atomic E-state index is 11.2. The van der Waals surface area contributed by atoms with E-state index in [0.717, 1.165) is 0 Å². The van der Waals surface area contributed by atoms with Crippen LogP contribution in [0.2, 0.25) is 0 Å². The van der Waals surface area contributed by atoms with Gasteiger partial charge in [0.2, 0.25) is 0 Å². The highest BCUT2D eigenvalue weighted by molar-refractivity contribution is 5.81. The van der Waals surface area contributed by atoms with E-state index in [-0.39, 0.29) is 6.61 Å². The molecule has 0 aliphatic carbocycles.